The van der Waals surface area contributed by atoms with Crippen molar-refractivity contribution in [2.75, 3.05) is 33.0 Å². The van der Waals surface area contributed by atoms with Gasteiger partial charge in [-0.25, -0.2) is 9.37 Å². The van der Waals surface area contributed by atoms with Crippen LogP contribution in [0, 0.1) is 5.82 Å². The van der Waals surface area contributed by atoms with Crippen molar-refractivity contribution in [1.82, 2.24) is 10.3 Å². The number of piperazine rings is 1. The largest absolute Gasteiger partial charge is 0.496 e. The second-order valence-corrected chi connectivity index (χ2v) is 11.0. The van der Waals surface area contributed by atoms with Crippen molar-refractivity contribution in [1.29, 1.82) is 0 Å². The van der Waals surface area contributed by atoms with Crippen molar-refractivity contribution in [3.05, 3.63) is 69.6 Å². The lowest BCUT2D eigenvalue weighted by Crippen LogP contribution is -2.62. The lowest BCUT2D eigenvalue weighted by atomic mass is 10.0. The topological polar surface area (TPSA) is 69.4 Å². The summed E-state index contributed by atoms with van der Waals surface area (Å²) in [5, 5.41) is 3.85. The first-order valence-corrected chi connectivity index (χ1v) is 13.1. The molecule has 0 spiro atoms. The number of nitrogens with two attached hydrogens (primary N) is 1. The molecule has 6 nitrogen and oxygen atoms in total. The number of benzene rings is 2. The van der Waals surface area contributed by atoms with E-state index in [9.17, 15) is 4.39 Å². The number of nitrogen functional groups attached to an aromatic ring is 1. The summed E-state index contributed by atoms with van der Waals surface area (Å²) in [5.41, 5.74) is 9.34. The highest BCUT2D eigenvalue weighted by Crippen LogP contribution is 2.38. The van der Waals surface area contributed by atoms with Crippen LogP contribution >= 0.6 is 23.2 Å². The van der Waals surface area contributed by atoms with Gasteiger partial charge < -0.3 is 25.0 Å². The minimum absolute atomic E-state index is 0.0763. The molecule has 0 aliphatic carbocycles. The number of anilines is 1. The first-order valence-electron chi connectivity index (χ1n) is 12.3. The minimum atomic E-state index is -0.653. The van der Waals surface area contributed by atoms with Gasteiger partial charge in [0.25, 0.3) is 0 Å². The smallest absolute Gasteiger partial charge is 0.166 e. The third-order valence-corrected chi connectivity index (χ3v) is 7.56. The summed E-state index contributed by atoms with van der Waals surface area (Å²) < 4.78 is 26.8. The van der Waals surface area contributed by atoms with Crippen LogP contribution in [0.5, 0.6) is 11.5 Å². The van der Waals surface area contributed by atoms with Crippen LogP contribution in [0.3, 0.4) is 0 Å². The summed E-state index contributed by atoms with van der Waals surface area (Å²) in [6.07, 6.45) is 1.04. The maximum absolute atomic E-state index is 14.0. The fraction of sp³-hybridized carbons (Fsp3) is 0.393. The van der Waals surface area contributed by atoms with Gasteiger partial charge in [-0.2, -0.15) is 0 Å². The molecule has 4 atom stereocenters. The number of aromatic nitrogens is 1. The molecule has 2 aromatic carbocycles. The van der Waals surface area contributed by atoms with Gasteiger partial charge in [0.15, 0.2) is 11.6 Å². The van der Waals surface area contributed by atoms with Crippen LogP contribution in [0.25, 0.3) is 11.1 Å². The lowest BCUT2D eigenvalue weighted by Gasteiger charge is -2.44. The van der Waals surface area contributed by atoms with Gasteiger partial charge in [-0.15, -0.1) is 0 Å². The van der Waals surface area contributed by atoms with Gasteiger partial charge in [-0.05, 0) is 56.7 Å². The number of pyridine rings is 1. The highest BCUT2D eigenvalue weighted by molar-refractivity contribution is 6.36. The van der Waals surface area contributed by atoms with E-state index in [2.05, 4.69) is 43.3 Å². The summed E-state index contributed by atoms with van der Waals surface area (Å²) >= 11 is 12.4. The first-order chi connectivity index (χ1) is 17.5. The van der Waals surface area contributed by atoms with Crippen LogP contribution in [0.4, 0.5) is 10.2 Å². The second kappa shape index (κ2) is 11.0. The van der Waals surface area contributed by atoms with Crippen LogP contribution in [0.2, 0.25) is 10.0 Å². The molecular formula is C28H34Cl2FN4O2+. The van der Waals surface area contributed by atoms with Crippen LogP contribution < -0.4 is 20.5 Å². The monoisotopic (exact) mass is 547 g/mol. The van der Waals surface area contributed by atoms with Gasteiger partial charge in [-0.3, -0.25) is 0 Å². The minimum Gasteiger partial charge on any atom is -0.496 e. The molecule has 3 aromatic rings. The highest BCUT2D eigenvalue weighted by atomic mass is 35.5. The summed E-state index contributed by atoms with van der Waals surface area (Å²) in [5.74, 6) is 0.819. The standard InChI is InChI=1S/C28H34Cl2FN4O2/c1-16-13-35(4,14-17(2)34-16)15-20-7-6-19(10-24(20)36-5)21-11-25(28(32)33-12-21)37-18(3)26-22(29)8-9-23(31)27(26)30/h6-12,16-18,34H,13-15H2,1-5H3,(H2,32,33)/q+1/t16-,17+,18?,35?. The van der Waals surface area contributed by atoms with E-state index in [4.69, 9.17) is 38.4 Å². The fourth-order valence-corrected chi connectivity index (χ4v) is 6.13. The molecule has 1 aliphatic rings. The molecule has 4 rings (SSSR count). The normalized spacial score (nSPS) is 22.5. The average Bonchev–Trinajstić information content (AvgIpc) is 2.82. The van der Waals surface area contributed by atoms with Crippen molar-refractivity contribution < 1.29 is 18.3 Å². The number of ether oxygens (including phenoxy) is 2. The molecule has 1 aromatic heterocycles. The molecule has 1 saturated heterocycles. The Labute approximate surface area is 228 Å². The van der Waals surface area contributed by atoms with Crippen molar-refractivity contribution in [3.63, 3.8) is 0 Å². The Morgan fingerprint density at radius 3 is 2.46 bits per heavy atom. The maximum atomic E-state index is 14.0. The molecule has 0 radical (unpaired) electrons. The van der Waals surface area contributed by atoms with Crippen LogP contribution in [0.15, 0.2) is 42.6 Å². The number of quaternary nitrogens is 1. The van der Waals surface area contributed by atoms with E-state index in [0.717, 1.165) is 46.6 Å². The lowest BCUT2D eigenvalue weighted by molar-refractivity contribution is -0.929. The molecule has 2 heterocycles. The average molecular weight is 549 g/mol. The predicted molar refractivity (Wildman–Crippen MR) is 148 cm³/mol. The number of nitrogens with one attached hydrogen (secondary N) is 1. The Morgan fingerprint density at radius 2 is 1.78 bits per heavy atom. The third kappa shape index (κ3) is 6.12. The van der Waals surface area contributed by atoms with Gasteiger partial charge in [-0.1, -0.05) is 29.3 Å². The number of methoxy groups -OCH3 is 1. The molecular weight excluding hydrogens is 514 g/mol. The Hall–Kier alpha value is -2.58. The summed E-state index contributed by atoms with van der Waals surface area (Å²) in [4.78, 5) is 4.33. The quantitative estimate of drug-likeness (QED) is 0.270. The van der Waals surface area contributed by atoms with Gasteiger partial charge in [0, 0.05) is 27.9 Å². The summed E-state index contributed by atoms with van der Waals surface area (Å²) in [6.45, 7) is 9.18. The maximum Gasteiger partial charge on any atom is 0.166 e. The van der Waals surface area contributed by atoms with Gasteiger partial charge in [0.05, 0.1) is 44.4 Å². The van der Waals surface area contributed by atoms with Crippen molar-refractivity contribution in [2.45, 2.75) is 45.5 Å². The van der Waals surface area contributed by atoms with E-state index < -0.39 is 11.9 Å². The SMILES string of the molecule is COc1cc(-c2cnc(N)c(OC(C)c3c(Cl)ccc(F)c3Cl)c2)ccc1C[N+]1(C)C[C@@H](C)N[C@@H](C)C1. The van der Waals surface area contributed by atoms with Crippen LogP contribution in [-0.4, -0.2) is 48.8 Å². The Kier molecular flexibility index (Phi) is 8.19. The van der Waals surface area contributed by atoms with Gasteiger partial charge >= 0.3 is 0 Å². The molecule has 0 saturated carbocycles. The first kappa shape index (κ1) is 27.5. The number of halogens is 3. The van der Waals surface area contributed by atoms with E-state index in [1.54, 1.807) is 20.2 Å². The number of hydrogen-bond donors (Lipinski definition) is 2. The molecule has 0 bridgehead atoms. The Balaban J connectivity index is 1.60. The Morgan fingerprint density at radius 1 is 1.11 bits per heavy atom. The van der Waals surface area contributed by atoms with Crippen molar-refractivity contribution in [3.8, 4) is 22.6 Å². The van der Waals surface area contributed by atoms with E-state index >= 15 is 0 Å². The van der Waals surface area contributed by atoms with E-state index in [-0.39, 0.29) is 10.8 Å². The van der Waals surface area contributed by atoms with Crippen LogP contribution in [-0.2, 0) is 6.54 Å². The van der Waals surface area contributed by atoms with E-state index in [1.165, 1.54) is 12.1 Å². The van der Waals surface area contributed by atoms with E-state index in [1.807, 2.05) is 12.1 Å². The van der Waals surface area contributed by atoms with Gasteiger partial charge in [0.1, 0.15) is 24.2 Å². The zero-order valence-electron chi connectivity index (χ0n) is 21.8. The number of nitrogens with zero attached hydrogens (tertiary/aromatic N) is 2. The molecule has 198 valence electrons. The molecule has 9 heteroatoms. The van der Waals surface area contributed by atoms with Crippen molar-refractivity contribution >= 4 is 29.0 Å². The zero-order chi connectivity index (χ0) is 26.9. The molecule has 0 amide bonds. The second-order valence-electron chi connectivity index (χ2n) is 10.3. The summed E-state index contributed by atoms with van der Waals surface area (Å²) in [6, 6.07) is 11.6. The molecule has 2 unspecified atom stereocenters. The predicted octanol–water partition coefficient (Wildman–Crippen LogP) is 6.25. The molecule has 1 fully saturated rings. The highest BCUT2D eigenvalue weighted by Gasteiger charge is 2.33. The summed E-state index contributed by atoms with van der Waals surface area (Å²) in [7, 11) is 3.99. The molecule has 1 aliphatic heterocycles. The number of rotatable bonds is 7. The van der Waals surface area contributed by atoms with Crippen LogP contribution in [0.1, 0.15) is 38.0 Å². The molecule has 3 N–H and O–H groups in total. The fourth-order valence-electron chi connectivity index (χ4n) is 5.46. The Bertz CT molecular complexity index is 1280. The molecule has 37 heavy (non-hydrogen) atoms. The van der Waals surface area contributed by atoms with Gasteiger partial charge in [0.2, 0.25) is 0 Å². The van der Waals surface area contributed by atoms with E-state index in [0.29, 0.717) is 28.4 Å². The zero-order valence-corrected chi connectivity index (χ0v) is 23.3. The van der Waals surface area contributed by atoms with Crippen molar-refractivity contribution in [2.24, 2.45) is 0 Å². The number of hydrogen-bond acceptors (Lipinski definition) is 5. The third-order valence-electron chi connectivity index (χ3n) is 6.84. The number of likely N-dealkylation sites (N-methyl/N-ethyl adjacent to an activating group) is 1.